The van der Waals surface area contributed by atoms with Crippen LogP contribution in [0.3, 0.4) is 0 Å². The summed E-state index contributed by atoms with van der Waals surface area (Å²) in [5.74, 6) is 1.03. The molecule has 0 unspecified atom stereocenters. The number of unbranched alkanes of at least 4 members (excludes halogenated alkanes) is 1. The lowest BCUT2D eigenvalue weighted by Gasteiger charge is -2.52. The summed E-state index contributed by atoms with van der Waals surface area (Å²) in [5, 5.41) is -0.296. The first-order chi connectivity index (χ1) is 15.6. The Labute approximate surface area is 204 Å². The van der Waals surface area contributed by atoms with E-state index in [9.17, 15) is 0 Å². The van der Waals surface area contributed by atoms with Gasteiger partial charge in [-0.25, -0.2) is 4.98 Å². The maximum atomic E-state index is 5.89. The summed E-state index contributed by atoms with van der Waals surface area (Å²) >= 11 is 0. The monoisotopic (exact) mass is 433 g/mol. The zero-order valence-corrected chi connectivity index (χ0v) is 21.6. The third-order valence-electron chi connectivity index (χ3n) is 8.32. The Hall–Kier alpha value is -1.79. The van der Waals surface area contributed by atoms with Gasteiger partial charge < -0.3 is 15.6 Å². The minimum atomic E-state index is -0.296. The zero-order valence-electron chi connectivity index (χ0n) is 21.6. The number of H-pyrrole nitrogens is 1. The molecule has 0 aliphatic heterocycles. The van der Waals surface area contributed by atoms with E-state index < -0.39 is 0 Å². The Kier molecular flexibility index (Phi) is 6.72. The Morgan fingerprint density at radius 3 is 2.55 bits per heavy atom. The van der Waals surface area contributed by atoms with Crippen LogP contribution in [0, 0.1) is 0 Å². The van der Waals surface area contributed by atoms with E-state index >= 15 is 0 Å². The molecule has 2 heterocycles. The van der Waals surface area contributed by atoms with Crippen LogP contribution in [-0.4, -0.2) is 87.9 Å². The Bertz CT molecular complexity index is 1140. The molecule has 0 saturated heterocycles. The lowest BCUT2D eigenvalue weighted by Crippen LogP contribution is -2.60. The van der Waals surface area contributed by atoms with Gasteiger partial charge in [-0.2, -0.15) is 0 Å². The summed E-state index contributed by atoms with van der Waals surface area (Å²) < 4.78 is 0. The molecule has 3 aromatic rings. The van der Waals surface area contributed by atoms with Gasteiger partial charge in [0.15, 0.2) is 0 Å². The van der Waals surface area contributed by atoms with Crippen LogP contribution in [0.15, 0.2) is 18.3 Å². The maximum Gasteiger partial charge on any atom is 0.141 e. The van der Waals surface area contributed by atoms with Crippen LogP contribution in [0.4, 0.5) is 0 Å². The number of nitrogens with zero attached hydrogens (tertiary/aromatic N) is 3. The molecule has 0 radical (unpaired) electrons. The molecule has 1 aliphatic rings. The largest absolute Gasteiger partial charge is 0.342 e. The number of pyridine rings is 1. The highest BCUT2D eigenvalue weighted by atomic mass is 15.3. The average Bonchev–Trinajstić information content (AvgIpc) is 3.26. The van der Waals surface area contributed by atoms with Crippen LogP contribution >= 0.6 is 0 Å². The van der Waals surface area contributed by atoms with Crippen LogP contribution in [0.5, 0.6) is 0 Å². The number of benzene rings is 1. The Morgan fingerprint density at radius 2 is 1.82 bits per heavy atom. The highest BCUT2D eigenvalue weighted by molar-refractivity contribution is 6.66. The van der Waals surface area contributed by atoms with E-state index in [1.807, 2.05) is 6.20 Å². The van der Waals surface area contributed by atoms with Crippen LogP contribution in [0.2, 0.25) is 0 Å². The topological polar surface area (TPSA) is 70.8 Å². The van der Waals surface area contributed by atoms with Crippen molar-refractivity contribution in [2.45, 2.75) is 42.9 Å². The van der Waals surface area contributed by atoms with Crippen LogP contribution < -0.4 is 27.6 Å². The van der Waals surface area contributed by atoms with Gasteiger partial charge in [0.05, 0.1) is 16.7 Å². The quantitative estimate of drug-likeness (QED) is 0.288. The van der Waals surface area contributed by atoms with Crippen molar-refractivity contribution in [2.24, 2.45) is 5.73 Å². The van der Waals surface area contributed by atoms with Gasteiger partial charge in [0.2, 0.25) is 0 Å². The molecule has 4 rings (SSSR count). The van der Waals surface area contributed by atoms with E-state index in [-0.39, 0.29) is 10.8 Å². The normalized spacial score (nSPS) is 18.6. The standard InChI is InChI=1S/C21H34B7N5/c22-12-13(23)15(25)17-16(14(12)24)31-19(32-17)21(27,28)33(10-2-1-8-29)20(26)7-3-5-11-6-4-9-30-18(11)20/h4,6,9H,1-3,5,7-8,10,22-29H2,(H,31,32)/t20-/m0/s1. The third kappa shape index (κ3) is 4.03. The first kappa shape index (κ1) is 24.3. The van der Waals surface area contributed by atoms with Gasteiger partial charge in [0, 0.05) is 17.0 Å². The Morgan fingerprint density at radius 1 is 1.09 bits per heavy atom. The van der Waals surface area contributed by atoms with Crippen LogP contribution in [0.25, 0.3) is 11.0 Å². The molecule has 0 saturated carbocycles. The van der Waals surface area contributed by atoms with E-state index in [4.69, 9.17) is 15.7 Å². The SMILES string of the molecule is Bc1c(B)c(B)c2[nH]c(C(B)(B)N(CCCCN)[C@@]3(B)CCCc4cccnc43)nc2c1B. The van der Waals surface area contributed by atoms with E-state index in [1.165, 1.54) is 45.0 Å². The van der Waals surface area contributed by atoms with Crippen molar-refractivity contribution in [3.8, 4) is 0 Å². The molecule has 0 bridgehead atoms. The van der Waals surface area contributed by atoms with Crippen LogP contribution in [0.1, 0.15) is 42.8 Å². The summed E-state index contributed by atoms with van der Waals surface area (Å²) in [7, 11) is 15.9. The summed E-state index contributed by atoms with van der Waals surface area (Å²) in [6.07, 6.45) is 7.42. The number of nitrogens with one attached hydrogen (secondary N) is 1. The Balaban J connectivity index is 1.86. The molecule has 164 valence electrons. The highest BCUT2D eigenvalue weighted by Gasteiger charge is 2.46. The van der Waals surface area contributed by atoms with Gasteiger partial charge in [0.25, 0.3) is 0 Å². The second-order valence-corrected chi connectivity index (χ2v) is 10.7. The molecule has 1 aliphatic carbocycles. The molecule has 1 atom stereocenters. The fourth-order valence-electron chi connectivity index (χ4n) is 5.95. The predicted molar refractivity (Wildman–Crippen MR) is 160 cm³/mol. The number of nitrogens with two attached hydrogens (primary N) is 1. The van der Waals surface area contributed by atoms with Crippen LogP contribution in [-0.2, 0) is 17.2 Å². The molecule has 0 amide bonds. The predicted octanol–water partition coefficient (Wildman–Crippen LogP) is -6.77. The van der Waals surface area contributed by atoms with E-state index in [0.717, 1.165) is 50.1 Å². The van der Waals surface area contributed by atoms with Gasteiger partial charge >= 0.3 is 0 Å². The van der Waals surface area contributed by atoms with Crippen molar-refractivity contribution in [2.75, 3.05) is 13.1 Å². The number of hydrogen-bond acceptors (Lipinski definition) is 4. The summed E-state index contributed by atoms with van der Waals surface area (Å²) in [5.41, 5.74) is 15.9. The molecule has 0 fully saturated rings. The second kappa shape index (κ2) is 9.11. The van der Waals surface area contributed by atoms with Gasteiger partial charge in [0.1, 0.15) is 60.7 Å². The van der Waals surface area contributed by atoms with Gasteiger partial charge in [-0.1, -0.05) is 27.9 Å². The van der Waals surface area contributed by atoms with Crippen molar-refractivity contribution in [3.05, 3.63) is 35.4 Å². The fourth-order valence-corrected chi connectivity index (χ4v) is 5.95. The molecule has 12 heteroatoms. The lowest BCUT2D eigenvalue weighted by atomic mass is 9.54. The lowest BCUT2D eigenvalue weighted by molar-refractivity contribution is 0.0923. The highest BCUT2D eigenvalue weighted by Crippen LogP contribution is 2.41. The zero-order chi connectivity index (χ0) is 24.0. The van der Waals surface area contributed by atoms with Gasteiger partial charge in [-0.3, -0.25) is 4.98 Å². The number of imidazole rings is 1. The smallest absolute Gasteiger partial charge is 0.141 e. The first-order valence-electron chi connectivity index (χ1n) is 12.5. The van der Waals surface area contributed by atoms with Crippen molar-refractivity contribution in [1.82, 2.24) is 19.9 Å². The summed E-state index contributed by atoms with van der Waals surface area (Å²) in [6, 6.07) is 4.33. The number of fused-ring (bicyclic) bond motifs is 2. The molecule has 33 heavy (non-hydrogen) atoms. The van der Waals surface area contributed by atoms with E-state index in [1.54, 1.807) is 0 Å². The van der Waals surface area contributed by atoms with Gasteiger partial charge in [-0.05, 0) is 56.8 Å². The minimum Gasteiger partial charge on any atom is -0.342 e. The third-order valence-corrected chi connectivity index (χ3v) is 8.32. The molecule has 0 spiro atoms. The fraction of sp³-hybridized carbons (Fsp3) is 0.429. The maximum absolute atomic E-state index is 5.89. The summed E-state index contributed by atoms with van der Waals surface area (Å²) in [6.45, 7) is 1.69. The van der Waals surface area contributed by atoms with Crippen molar-refractivity contribution in [3.63, 3.8) is 0 Å². The van der Waals surface area contributed by atoms with Gasteiger partial charge in [-0.15, -0.1) is 0 Å². The molecule has 2 aromatic heterocycles. The number of aryl methyl sites for hydroxylation is 1. The summed E-state index contributed by atoms with van der Waals surface area (Å²) in [4.78, 5) is 16.6. The minimum absolute atomic E-state index is 0.151. The molecule has 5 nitrogen and oxygen atoms in total. The number of aromatic amines is 1. The number of aromatic nitrogens is 3. The molecular weight excluding hydrogens is 398 g/mol. The van der Waals surface area contributed by atoms with E-state index in [2.05, 4.69) is 76.9 Å². The average molecular weight is 432 g/mol. The molecule has 1 aromatic carbocycles. The van der Waals surface area contributed by atoms with Crippen molar-refractivity contribution >= 4 is 87.8 Å². The molecular formula is C21H34B7N5. The van der Waals surface area contributed by atoms with Crippen molar-refractivity contribution in [1.29, 1.82) is 0 Å². The van der Waals surface area contributed by atoms with Crippen molar-refractivity contribution < 1.29 is 0 Å². The molecule has 3 N–H and O–H groups in total. The first-order valence-corrected chi connectivity index (χ1v) is 12.5. The van der Waals surface area contributed by atoms with E-state index in [0.29, 0.717) is 0 Å². The number of hydrogen-bond donors (Lipinski definition) is 2. The second-order valence-electron chi connectivity index (χ2n) is 10.7. The number of rotatable bonds is 7.